The monoisotopic (exact) mass is 378 g/mol. The molecule has 0 N–H and O–H groups in total. The highest BCUT2D eigenvalue weighted by Gasteiger charge is 2.31. The first-order chi connectivity index (χ1) is 11.6. The normalized spacial score (nSPS) is 16.9. The lowest BCUT2D eigenvalue weighted by Crippen LogP contribution is -2.51. The van der Waals surface area contributed by atoms with Gasteiger partial charge in [-0.25, -0.2) is 8.42 Å². The predicted molar refractivity (Wildman–Crippen MR) is 87.6 cm³/mol. The van der Waals surface area contributed by atoms with Gasteiger partial charge in [0.1, 0.15) is 0 Å². The summed E-state index contributed by atoms with van der Waals surface area (Å²) < 4.78 is 63.3. The smallest absolute Gasteiger partial charge is 0.336 e. The molecular formula is C16H21F3N2O3S. The molecule has 0 spiro atoms. The fourth-order valence-corrected chi connectivity index (χ4v) is 4.24. The molecule has 0 radical (unpaired) electrons. The van der Waals surface area contributed by atoms with Crippen LogP contribution in [0, 0.1) is 0 Å². The standard InChI is InChI=1S/C16H21F3N2O3S/c1-2-3-12-25(23,24)21-10-8-20(9-11-21)15(22)13-4-6-14(7-5-13)16(17,18)19/h4-7H,2-3,8-12H2,1H3. The van der Waals surface area contributed by atoms with Crippen LogP contribution in [0.15, 0.2) is 24.3 Å². The van der Waals surface area contributed by atoms with Gasteiger partial charge in [0.05, 0.1) is 11.3 Å². The fourth-order valence-electron chi connectivity index (χ4n) is 2.61. The summed E-state index contributed by atoms with van der Waals surface area (Å²) in [7, 11) is -3.31. The van der Waals surface area contributed by atoms with Crippen molar-refractivity contribution in [1.29, 1.82) is 0 Å². The molecule has 9 heteroatoms. The van der Waals surface area contributed by atoms with Crippen LogP contribution in [0.4, 0.5) is 13.2 Å². The van der Waals surface area contributed by atoms with Crippen molar-refractivity contribution < 1.29 is 26.4 Å². The van der Waals surface area contributed by atoms with Crippen molar-refractivity contribution in [3.63, 3.8) is 0 Å². The average molecular weight is 378 g/mol. The van der Waals surface area contributed by atoms with Crippen molar-refractivity contribution in [2.75, 3.05) is 31.9 Å². The summed E-state index contributed by atoms with van der Waals surface area (Å²) in [6.45, 7) is 2.78. The molecular weight excluding hydrogens is 357 g/mol. The number of alkyl halides is 3. The van der Waals surface area contributed by atoms with Crippen LogP contribution < -0.4 is 0 Å². The summed E-state index contributed by atoms with van der Waals surface area (Å²) in [4.78, 5) is 13.8. The number of halogens is 3. The van der Waals surface area contributed by atoms with Crippen LogP contribution >= 0.6 is 0 Å². The molecule has 1 heterocycles. The maximum absolute atomic E-state index is 12.6. The van der Waals surface area contributed by atoms with E-state index in [1.54, 1.807) is 0 Å². The lowest BCUT2D eigenvalue weighted by Gasteiger charge is -2.34. The summed E-state index contributed by atoms with van der Waals surface area (Å²) in [5, 5.41) is 0. The SMILES string of the molecule is CCCCS(=O)(=O)N1CCN(C(=O)c2ccc(C(F)(F)F)cc2)CC1. The van der Waals surface area contributed by atoms with E-state index in [0.29, 0.717) is 6.42 Å². The summed E-state index contributed by atoms with van der Waals surface area (Å²) in [5.74, 6) is -0.296. The van der Waals surface area contributed by atoms with E-state index in [-0.39, 0.29) is 43.4 Å². The van der Waals surface area contributed by atoms with E-state index in [1.165, 1.54) is 9.21 Å². The number of hydrogen-bond donors (Lipinski definition) is 0. The van der Waals surface area contributed by atoms with Gasteiger partial charge in [0.2, 0.25) is 10.0 Å². The molecule has 1 aromatic rings. The molecule has 25 heavy (non-hydrogen) atoms. The third kappa shape index (κ3) is 4.94. The average Bonchev–Trinajstić information content (AvgIpc) is 2.59. The highest BCUT2D eigenvalue weighted by Crippen LogP contribution is 2.29. The van der Waals surface area contributed by atoms with E-state index < -0.39 is 21.8 Å². The first kappa shape index (κ1) is 19.7. The minimum Gasteiger partial charge on any atom is -0.336 e. The number of hydrogen-bond acceptors (Lipinski definition) is 3. The molecule has 0 atom stereocenters. The molecule has 2 rings (SSSR count). The van der Waals surface area contributed by atoms with Crippen molar-refractivity contribution >= 4 is 15.9 Å². The summed E-state index contributed by atoms with van der Waals surface area (Å²) in [6, 6.07) is 4.04. The highest BCUT2D eigenvalue weighted by molar-refractivity contribution is 7.89. The molecule has 1 aliphatic heterocycles. The molecule has 0 aromatic heterocycles. The number of amides is 1. The van der Waals surface area contributed by atoms with Gasteiger partial charge < -0.3 is 4.90 Å². The number of rotatable bonds is 5. The lowest BCUT2D eigenvalue weighted by atomic mass is 10.1. The van der Waals surface area contributed by atoms with Crippen LogP contribution in [0.25, 0.3) is 0 Å². The van der Waals surface area contributed by atoms with Crippen molar-refractivity contribution in [3.8, 4) is 0 Å². The van der Waals surface area contributed by atoms with Crippen LogP contribution in [-0.2, 0) is 16.2 Å². The third-order valence-corrected chi connectivity index (χ3v) is 6.09. The number of piperazine rings is 1. The predicted octanol–water partition coefficient (Wildman–Crippen LogP) is 2.59. The summed E-state index contributed by atoms with van der Waals surface area (Å²) in [6.07, 6.45) is -3.07. The van der Waals surface area contributed by atoms with Gasteiger partial charge >= 0.3 is 6.18 Å². The Morgan fingerprint density at radius 3 is 2.12 bits per heavy atom. The first-order valence-electron chi connectivity index (χ1n) is 8.09. The van der Waals surface area contributed by atoms with E-state index in [1.807, 2.05) is 6.92 Å². The number of benzene rings is 1. The zero-order valence-electron chi connectivity index (χ0n) is 13.9. The van der Waals surface area contributed by atoms with E-state index in [4.69, 9.17) is 0 Å². The maximum atomic E-state index is 12.6. The van der Waals surface area contributed by atoms with Crippen LogP contribution in [0.3, 0.4) is 0 Å². The Morgan fingerprint density at radius 2 is 1.64 bits per heavy atom. The van der Waals surface area contributed by atoms with Gasteiger partial charge in [-0.2, -0.15) is 17.5 Å². The Morgan fingerprint density at radius 1 is 1.08 bits per heavy atom. The van der Waals surface area contributed by atoms with Gasteiger partial charge in [-0.3, -0.25) is 4.79 Å². The lowest BCUT2D eigenvalue weighted by molar-refractivity contribution is -0.137. The largest absolute Gasteiger partial charge is 0.416 e. The van der Waals surface area contributed by atoms with Crippen molar-refractivity contribution in [3.05, 3.63) is 35.4 Å². The van der Waals surface area contributed by atoms with E-state index in [2.05, 4.69) is 0 Å². The molecule has 1 fully saturated rings. The second-order valence-corrected chi connectivity index (χ2v) is 8.02. The molecule has 1 amide bonds. The Bertz CT molecular complexity index is 694. The zero-order valence-corrected chi connectivity index (χ0v) is 14.7. The van der Waals surface area contributed by atoms with Gasteiger partial charge in [0.25, 0.3) is 5.91 Å². The number of nitrogens with zero attached hydrogens (tertiary/aromatic N) is 2. The van der Waals surface area contributed by atoms with Crippen LogP contribution in [-0.4, -0.2) is 55.5 Å². The number of carbonyl (C=O) groups excluding carboxylic acids is 1. The second kappa shape index (κ2) is 7.74. The Labute approximate surface area is 145 Å². The van der Waals surface area contributed by atoms with Crippen molar-refractivity contribution in [2.45, 2.75) is 25.9 Å². The maximum Gasteiger partial charge on any atom is 0.416 e. The quantitative estimate of drug-likeness (QED) is 0.791. The summed E-state index contributed by atoms with van der Waals surface area (Å²) in [5.41, 5.74) is -0.647. The molecule has 1 aliphatic rings. The Kier molecular flexibility index (Phi) is 6.10. The molecule has 1 aromatic carbocycles. The fraction of sp³-hybridized carbons (Fsp3) is 0.562. The van der Waals surface area contributed by atoms with E-state index >= 15 is 0 Å². The summed E-state index contributed by atoms with van der Waals surface area (Å²) >= 11 is 0. The van der Waals surface area contributed by atoms with Gasteiger partial charge in [-0.15, -0.1) is 0 Å². The minimum atomic E-state index is -4.44. The van der Waals surface area contributed by atoms with Crippen LogP contribution in [0.1, 0.15) is 35.7 Å². The first-order valence-corrected chi connectivity index (χ1v) is 9.70. The van der Waals surface area contributed by atoms with E-state index in [0.717, 1.165) is 30.7 Å². The topological polar surface area (TPSA) is 57.7 Å². The molecule has 0 saturated carbocycles. The van der Waals surface area contributed by atoms with Crippen LogP contribution in [0.2, 0.25) is 0 Å². The molecule has 140 valence electrons. The van der Waals surface area contributed by atoms with Crippen LogP contribution in [0.5, 0.6) is 0 Å². The van der Waals surface area contributed by atoms with Gasteiger partial charge in [0, 0.05) is 31.7 Å². The molecule has 1 saturated heterocycles. The number of carbonyl (C=O) groups is 1. The highest BCUT2D eigenvalue weighted by atomic mass is 32.2. The number of sulfonamides is 1. The molecule has 5 nitrogen and oxygen atoms in total. The van der Waals surface area contributed by atoms with Crippen molar-refractivity contribution in [2.24, 2.45) is 0 Å². The molecule has 0 aliphatic carbocycles. The Hall–Kier alpha value is -1.61. The van der Waals surface area contributed by atoms with Gasteiger partial charge in [0.15, 0.2) is 0 Å². The second-order valence-electron chi connectivity index (χ2n) is 5.94. The van der Waals surface area contributed by atoms with Gasteiger partial charge in [-0.1, -0.05) is 13.3 Å². The zero-order chi connectivity index (χ0) is 18.7. The Balaban J connectivity index is 1.97. The van der Waals surface area contributed by atoms with E-state index in [9.17, 15) is 26.4 Å². The van der Waals surface area contributed by atoms with Crippen molar-refractivity contribution in [1.82, 2.24) is 9.21 Å². The minimum absolute atomic E-state index is 0.0936. The third-order valence-electron chi connectivity index (χ3n) is 4.13. The molecule has 0 unspecified atom stereocenters. The van der Waals surface area contributed by atoms with Gasteiger partial charge in [-0.05, 0) is 30.7 Å². The number of unbranched alkanes of at least 4 members (excludes halogenated alkanes) is 1. The molecule has 0 bridgehead atoms.